The van der Waals surface area contributed by atoms with Crippen molar-refractivity contribution in [2.24, 2.45) is 5.92 Å². The van der Waals surface area contributed by atoms with Gasteiger partial charge in [-0.1, -0.05) is 19.1 Å². The first kappa shape index (κ1) is 12.6. The molecule has 0 saturated carbocycles. The molecule has 0 radical (unpaired) electrons. The third-order valence-corrected chi connectivity index (χ3v) is 2.86. The number of para-hydroxylation sites is 1. The van der Waals surface area contributed by atoms with Crippen LogP contribution in [0.3, 0.4) is 0 Å². The molecule has 2 aromatic rings. The molecule has 96 valence electrons. The summed E-state index contributed by atoms with van der Waals surface area (Å²) in [6.45, 7) is 3.03. The number of rotatable bonds is 5. The number of hydrogen-bond donors (Lipinski definition) is 3. The summed E-state index contributed by atoms with van der Waals surface area (Å²) in [6.07, 6.45) is 0.769. The first-order valence-corrected chi connectivity index (χ1v) is 6.07. The fourth-order valence-electron chi connectivity index (χ4n) is 1.82. The van der Waals surface area contributed by atoms with Gasteiger partial charge in [-0.2, -0.15) is 4.98 Å². The molecule has 5 nitrogen and oxygen atoms in total. The minimum Gasteiger partial charge on any atom is -0.396 e. The highest BCUT2D eigenvalue weighted by Crippen LogP contribution is 2.21. The van der Waals surface area contributed by atoms with Crippen molar-refractivity contribution in [2.75, 3.05) is 24.2 Å². The Labute approximate surface area is 106 Å². The summed E-state index contributed by atoms with van der Waals surface area (Å²) in [7, 11) is 0. The Morgan fingerprint density at radius 1 is 1.33 bits per heavy atom. The summed E-state index contributed by atoms with van der Waals surface area (Å²) in [6, 6.07) is 7.75. The average molecular weight is 246 g/mol. The van der Waals surface area contributed by atoms with E-state index in [0.717, 1.165) is 29.7 Å². The number of benzene rings is 1. The van der Waals surface area contributed by atoms with Crippen LogP contribution in [0.2, 0.25) is 0 Å². The Kier molecular flexibility index (Phi) is 3.94. The maximum Gasteiger partial charge on any atom is 0.222 e. The Hall–Kier alpha value is -1.88. The van der Waals surface area contributed by atoms with Gasteiger partial charge < -0.3 is 16.2 Å². The van der Waals surface area contributed by atoms with Crippen LogP contribution in [0.4, 0.5) is 11.8 Å². The number of aromatic nitrogens is 2. The maximum atomic E-state index is 8.88. The van der Waals surface area contributed by atoms with Crippen LogP contribution in [0.15, 0.2) is 24.3 Å². The van der Waals surface area contributed by atoms with Gasteiger partial charge in [0.05, 0.1) is 5.52 Å². The van der Waals surface area contributed by atoms with Gasteiger partial charge in [0.25, 0.3) is 0 Å². The lowest BCUT2D eigenvalue weighted by atomic mass is 10.1. The van der Waals surface area contributed by atoms with Gasteiger partial charge >= 0.3 is 0 Å². The predicted molar refractivity (Wildman–Crippen MR) is 73.3 cm³/mol. The number of nitrogens with one attached hydrogen (secondary N) is 1. The molecule has 2 rings (SSSR count). The third kappa shape index (κ3) is 2.87. The van der Waals surface area contributed by atoms with Crippen LogP contribution in [-0.4, -0.2) is 28.2 Å². The first-order valence-electron chi connectivity index (χ1n) is 6.07. The monoisotopic (exact) mass is 246 g/mol. The van der Waals surface area contributed by atoms with Crippen molar-refractivity contribution < 1.29 is 5.11 Å². The molecule has 1 unspecified atom stereocenters. The van der Waals surface area contributed by atoms with Crippen molar-refractivity contribution >= 4 is 22.7 Å². The van der Waals surface area contributed by atoms with E-state index in [9.17, 15) is 0 Å². The number of hydrogen-bond acceptors (Lipinski definition) is 5. The number of nitrogens with two attached hydrogens (primary N) is 1. The van der Waals surface area contributed by atoms with Gasteiger partial charge in [-0.15, -0.1) is 0 Å². The zero-order chi connectivity index (χ0) is 13.0. The second-order valence-corrected chi connectivity index (χ2v) is 4.45. The van der Waals surface area contributed by atoms with E-state index >= 15 is 0 Å². The Morgan fingerprint density at radius 2 is 2.11 bits per heavy atom. The normalized spacial score (nSPS) is 12.6. The SMILES string of the molecule is CC(CCO)CNc1nc(N)nc2ccccc12. The Balaban J connectivity index is 2.21. The highest BCUT2D eigenvalue weighted by atomic mass is 16.3. The molecule has 0 aliphatic heterocycles. The predicted octanol–water partition coefficient (Wildman–Crippen LogP) is 1.64. The van der Waals surface area contributed by atoms with Gasteiger partial charge in [-0.3, -0.25) is 0 Å². The molecular weight excluding hydrogens is 228 g/mol. The van der Waals surface area contributed by atoms with E-state index < -0.39 is 0 Å². The molecule has 5 heteroatoms. The van der Waals surface area contributed by atoms with E-state index in [-0.39, 0.29) is 12.6 Å². The van der Waals surface area contributed by atoms with Crippen molar-refractivity contribution in [3.8, 4) is 0 Å². The van der Waals surface area contributed by atoms with Crippen molar-refractivity contribution in [1.82, 2.24) is 9.97 Å². The van der Waals surface area contributed by atoms with Crippen LogP contribution in [0.1, 0.15) is 13.3 Å². The lowest BCUT2D eigenvalue weighted by Crippen LogP contribution is -2.14. The molecular formula is C13H18N4O. The maximum absolute atomic E-state index is 8.88. The van der Waals surface area contributed by atoms with Gasteiger partial charge in [0.15, 0.2) is 0 Å². The van der Waals surface area contributed by atoms with Gasteiger partial charge in [-0.05, 0) is 24.5 Å². The van der Waals surface area contributed by atoms with Gasteiger partial charge in [0.2, 0.25) is 5.95 Å². The topological polar surface area (TPSA) is 84.1 Å². The molecule has 0 bridgehead atoms. The molecule has 0 aliphatic carbocycles. The van der Waals surface area contributed by atoms with Gasteiger partial charge in [0.1, 0.15) is 5.82 Å². The van der Waals surface area contributed by atoms with E-state index in [1.165, 1.54) is 0 Å². The van der Waals surface area contributed by atoms with E-state index in [0.29, 0.717) is 5.92 Å². The summed E-state index contributed by atoms with van der Waals surface area (Å²) < 4.78 is 0. The van der Waals surface area contributed by atoms with E-state index in [2.05, 4.69) is 22.2 Å². The number of aliphatic hydroxyl groups excluding tert-OH is 1. The van der Waals surface area contributed by atoms with Crippen LogP contribution in [0.25, 0.3) is 10.9 Å². The number of nitrogen functional groups attached to an aromatic ring is 1. The average Bonchev–Trinajstić information content (AvgIpc) is 2.36. The molecule has 0 amide bonds. The third-order valence-electron chi connectivity index (χ3n) is 2.86. The molecule has 0 fully saturated rings. The highest BCUT2D eigenvalue weighted by molar-refractivity contribution is 5.89. The Morgan fingerprint density at radius 3 is 2.89 bits per heavy atom. The molecule has 1 atom stereocenters. The van der Waals surface area contributed by atoms with Crippen LogP contribution in [0, 0.1) is 5.92 Å². The first-order chi connectivity index (χ1) is 8.70. The number of nitrogens with zero attached hydrogens (tertiary/aromatic N) is 2. The molecule has 1 aromatic carbocycles. The number of anilines is 2. The summed E-state index contributed by atoms with van der Waals surface area (Å²) >= 11 is 0. The standard InChI is InChI=1S/C13H18N4O/c1-9(6-7-18)8-15-12-10-4-2-3-5-11(10)16-13(14)17-12/h2-5,9,18H,6-8H2,1H3,(H3,14,15,16,17). The van der Waals surface area contributed by atoms with E-state index in [4.69, 9.17) is 10.8 Å². The van der Waals surface area contributed by atoms with Crippen molar-refractivity contribution in [3.05, 3.63) is 24.3 Å². The molecule has 1 aromatic heterocycles. The van der Waals surface area contributed by atoms with Gasteiger partial charge in [0, 0.05) is 18.5 Å². The largest absolute Gasteiger partial charge is 0.396 e. The molecule has 1 heterocycles. The molecule has 0 saturated heterocycles. The minimum absolute atomic E-state index is 0.204. The molecule has 0 spiro atoms. The smallest absolute Gasteiger partial charge is 0.222 e. The zero-order valence-electron chi connectivity index (χ0n) is 10.4. The van der Waals surface area contributed by atoms with Crippen LogP contribution >= 0.6 is 0 Å². The van der Waals surface area contributed by atoms with Crippen LogP contribution in [0.5, 0.6) is 0 Å². The molecule has 0 aliphatic rings. The quantitative estimate of drug-likeness (QED) is 0.747. The van der Waals surface area contributed by atoms with E-state index in [1.807, 2.05) is 24.3 Å². The number of fused-ring (bicyclic) bond motifs is 1. The lowest BCUT2D eigenvalue weighted by Gasteiger charge is -2.13. The van der Waals surface area contributed by atoms with Crippen LogP contribution in [-0.2, 0) is 0 Å². The van der Waals surface area contributed by atoms with Crippen molar-refractivity contribution in [1.29, 1.82) is 0 Å². The fraction of sp³-hybridized carbons (Fsp3) is 0.385. The second-order valence-electron chi connectivity index (χ2n) is 4.45. The van der Waals surface area contributed by atoms with Crippen LogP contribution < -0.4 is 11.1 Å². The molecule has 18 heavy (non-hydrogen) atoms. The highest BCUT2D eigenvalue weighted by Gasteiger charge is 2.07. The zero-order valence-corrected chi connectivity index (χ0v) is 10.4. The van der Waals surface area contributed by atoms with Crippen molar-refractivity contribution in [2.45, 2.75) is 13.3 Å². The summed E-state index contributed by atoms with van der Waals surface area (Å²) in [5.41, 5.74) is 6.52. The lowest BCUT2D eigenvalue weighted by molar-refractivity contribution is 0.266. The molecule has 4 N–H and O–H groups in total. The Bertz CT molecular complexity index is 529. The summed E-state index contributed by atoms with van der Waals surface area (Å²) in [5.74, 6) is 1.40. The van der Waals surface area contributed by atoms with E-state index in [1.54, 1.807) is 0 Å². The minimum atomic E-state index is 0.204. The number of aliphatic hydroxyl groups is 1. The summed E-state index contributed by atoms with van der Waals surface area (Å²) in [4.78, 5) is 8.41. The summed E-state index contributed by atoms with van der Waals surface area (Å²) in [5, 5.41) is 13.1. The second kappa shape index (κ2) is 5.64. The van der Waals surface area contributed by atoms with Crippen molar-refractivity contribution in [3.63, 3.8) is 0 Å². The van der Waals surface area contributed by atoms with Gasteiger partial charge in [-0.25, -0.2) is 4.98 Å². The fourth-order valence-corrected chi connectivity index (χ4v) is 1.82.